The van der Waals surface area contributed by atoms with Crippen LogP contribution >= 0.6 is 23.8 Å². The van der Waals surface area contributed by atoms with Crippen LogP contribution < -0.4 is 15.5 Å². The van der Waals surface area contributed by atoms with E-state index in [0.29, 0.717) is 5.11 Å². The Balaban J connectivity index is 2.23. The first-order chi connectivity index (χ1) is 8.08. The lowest BCUT2D eigenvalue weighted by atomic mass is 10.3. The molecule has 0 aromatic heterocycles. The van der Waals surface area contributed by atoms with Gasteiger partial charge in [0, 0.05) is 23.7 Å². The average molecular weight is 273 g/mol. The molecule has 0 aliphatic carbocycles. The Morgan fingerprint density at radius 3 is 2.53 bits per heavy atom. The quantitative estimate of drug-likeness (QED) is 0.555. The van der Waals surface area contributed by atoms with Crippen LogP contribution in [0.25, 0.3) is 0 Å². The van der Waals surface area contributed by atoms with Crippen molar-refractivity contribution in [3.05, 3.63) is 29.3 Å². The number of thiocarbonyl (C=S) groups is 1. The molecule has 0 spiro atoms. The van der Waals surface area contributed by atoms with Crippen molar-refractivity contribution >= 4 is 34.6 Å². The van der Waals surface area contributed by atoms with Crippen molar-refractivity contribution in [2.75, 3.05) is 32.5 Å². The zero-order valence-corrected chi connectivity index (χ0v) is 11.8. The molecule has 5 heteroatoms. The number of rotatable bonds is 5. The van der Waals surface area contributed by atoms with Gasteiger partial charge in [0.05, 0.1) is 20.6 Å². The highest BCUT2D eigenvalue weighted by Gasteiger charge is 1.98. The Bertz CT molecular complexity index is 351. The van der Waals surface area contributed by atoms with E-state index in [1.165, 1.54) is 4.90 Å². The van der Waals surface area contributed by atoms with E-state index < -0.39 is 0 Å². The van der Waals surface area contributed by atoms with Gasteiger partial charge in [-0.1, -0.05) is 11.6 Å². The lowest BCUT2D eigenvalue weighted by Gasteiger charge is -2.11. The smallest absolute Gasteiger partial charge is 0.170 e. The van der Waals surface area contributed by atoms with E-state index in [2.05, 4.69) is 24.7 Å². The van der Waals surface area contributed by atoms with Crippen LogP contribution in [0.5, 0.6) is 0 Å². The first-order valence-corrected chi connectivity index (χ1v) is 6.46. The van der Waals surface area contributed by atoms with Crippen LogP contribution in [-0.4, -0.2) is 32.3 Å². The van der Waals surface area contributed by atoms with E-state index in [1.807, 2.05) is 24.3 Å². The summed E-state index contributed by atoms with van der Waals surface area (Å²) >= 11 is 11.0. The number of quaternary nitrogens is 1. The van der Waals surface area contributed by atoms with Gasteiger partial charge >= 0.3 is 0 Å². The van der Waals surface area contributed by atoms with Gasteiger partial charge in [-0.2, -0.15) is 0 Å². The second-order valence-corrected chi connectivity index (χ2v) is 5.04. The molecule has 0 bridgehead atoms. The maximum Gasteiger partial charge on any atom is 0.170 e. The van der Waals surface area contributed by atoms with E-state index in [4.69, 9.17) is 23.8 Å². The van der Waals surface area contributed by atoms with E-state index >= 15 is 0 Å². The Morgan fingerprint density at radius 2 is 1.94 bits per heavy atom. The summed E-state index contributed by atoms with van der Waals surface area (Å²) in [5.41, 5.74) is 0.949. The van der Waals surface area contributed by atoms with E-state index in [1.54, 1.807) is 0 Å². The van der Waals surface area contributed by atoms with Gasteiger partial charge in [-0.15, -0.1) is 0 Å². The number of benzene rings is 1. The average Bonchev–Trinajstić information content (AvgIpc) is 2.27. The largest absolute Gasteiger partial charge is 0.362 e. The summed E-state index contributed by atoms with van der Waals surface area (Å²) in [5.74, 6) is 0. The van der Waals surface area contributed by atoms with Crippen LogP contribution in [0.3, 0.4) is 0 Å². The summed E-state index contributed by atoms with van der Waals surface area (Å²) in [6.45, 7) is 2.03. The lowest BCUT2D eigenvalue weighted by molar-refractivity contribution is -0.858. The molecule has 0 aliphatic heterocycles. The zero-order chi connectivity index (χ0) is 12.7. The third kappa shape index (κ3) is 6.46. The molecule has 1 aromatic rings. The fourth-order valence-electron chi connectivity index (χ4n) is 1.35. The summed E-state index contributed by atoms with van der Waals surface area (Å²) in [7, 11) is 4.29. The van der Waals surface area contributed by atoms with Gasteiger partial charge in [-0.3, -0.25) is 0 Å². The molecule has 17 heavy (non-hydrogen) atoms. The van der Waals surface area contributed by atoms with Gasteiger partial charge in [-0.05, 0) is 36.5 Å². The van der Waals surface area contributed by atoms with Gasteiger partial charge in [0.1, 0.15) is 0 Å². The highest BCUT2D eigenvalue weighted by atomic mass is 35.5. The SMILES string of the molecule is C[NH+](C)CCCNC(=S)Nc1ccc(Cl)cc1. The standard InChI is InChI=1S/C12H18ClN3S/c1-16(2)9-3-8-14-12(17)15-11-6-4-10(13)5-7-11/h4-7H,3,8-9H2,1-2H3,(H2,14,15,17)/p+1. The number of hydrogen-bond donors (Lipinski definition) is 3. The Kier molecular flexibility index (Phi) is 6.26. The minimum atomic E-state index is 0.654. The molecule has 1 rings (SSSR count). The Labute approximate surface area is 113 Å². The molecule has 0 saturated carbocycles. The summed E-state index contributed by atoms with van der Waals surface area (Å²) in [5, 5.41) is 7.67. The van der Waals surface area contributed by atoms with Gasteiger partial charge < -0.3 is 15.5 Å². The minimum absolute atomic E-state index is 0.654. The molecule has 0 saturated heterocycles. The molecule has 3 N–H and O–H groups in total. The first-order valence-electron chi connectivity index (χ1n) is 5.67. The fraction of sp³-hybridized carbons (Fsp3) is 0.417. The van der Waals surface area contributed by atoms with Crippen LogP contribution in [0, 0.1) is 0 Å². The second-order valence-electron chi connectivity index (χ2n) is 4.20. The van der Waals surface area contributed by atoms with Crippen molar-refractivity contribution < 1.29 is 4.90 Å². The van der Waals surface area contributed by atoms with Crippen LogP contribution in [0.1, 0.15) is 6.42 Å². The van der Waals surface area contributed by atoms with Gasteiger partial charge in [0.15, 0.2) is 5.11 Å². The summed E-state index contributed by atoms with van der Waals surface area (Å²) in [4.78, 5) is 1.45. The summed E-state index contributed by atoms with van der Waals surface area (Å²) < 4.78 is 0. The predicted molar refractivity (Wildman–Crippen MR) is 78.0 cm³/mol. The van der Waals surface area contributed by atoms with Crippen molar-refractivity contribution in [2.45, 2.75) is 6.42 Å². The molecule has 0 atom stereocenters. The maximum absolute atomic E-state index is 5.80. The highest BCUT2D eigenvalue weighted by molar-refractivity contribution is 7.80. The molecular formula is C12H19ClN3S+. The van der Waals surface area contributed by atoms with Crippen molar-refractivity contribution in [3.8, 4) is 0 Å². The molecule has 94 valence electrons. The number of nitrogens with one attached hydrogen (secondary N) is 3. The van der Waals surface area contributed by atoms with Crippen LogP contribution in [0.4, 0.5) is 5.69 Å². The van der Waals surface area contributed by atoms with Crippen molar-refractivity contribution in [1.29, 1.82) is 0 Å². The van der Waals surface area contributed by atoms with Crippen molar-refractivity contribution in [3.63, 3.8) is 0 Å². The van der Waals surface area contributed by atoms with Crippen molar-refractivity contribution in [2.24, 2.45) is 0 Å². The van der Waals surface area contributed by atoms with E-state index in [0.717, 1.165) is 30.2 Å². The predicted octanol–water partition coefficient (Wildman–Crippen LogP) is 1.16. The molecule has 3 nitrogen and oxygen atoms in total. The van der Waals surface area contributed by atoms with Crippen LogP contribution in [-0.2, 0) is 0 Å². The van der Waals surface area contributed by atoms with E-state index in [-0.39, 0.29) is 0 Å². The fourth-order valence-corrected chi connectivity index (χ4v) is 1.70. The molecule has 0 radical (unpaired) electrons. The maximum atomic E-state index is 5.80. The molecule has 0 amide bonds. The Hall–Kier alpha value is -0.840. The van der Waals surface area contributed by atoms with Crippen molar-refractivity contribution in [1.82, 2.24) is 5.32 Å². The van der Waals surface area contributed by atoms with E-state index in [9.17, 15) is 0 Å². The molecule has 1 aromatic carbocycles. The third-order valence-electron chi connectivity index (χ3n) is 2.24. The Morgan fingerprint density at radius 1 is 1.29 bits per heavy atom. The lowest BCUT2D eigenvalue weighted by Crippen LogP contribution is -3.05. The molecule has 0 aliphatic rings. The molecule has 0 fully saturated rings. The summed E-state index contributed by atoms with van der Waals surface area (Å²) in [6, 6.07) is 7.48. The number of halogens is 1. The zero-order valence-electron chi connectivity index (χ0n) is 10.2. The number of anilines is 1. The third-order valence-corrected chi connectivity index (χ3v) is 2.74. The first kappa shape index (κ1) is 14.2. The highest BCUT2D eigenvalue weighted by Crippen LogP contribution is 2.12. The number of hydrogen-bond acceptors (Lipinski definition) is 1. The summed E-state index contributed by atoms with van der Waals surface area (Å²) in [6.07, 6.45) is 1.10. The minimum Gasteiger partial charge on any atom is -0.362 e. The topological polar surface area (TPSA) is 28.5 Å². The van der Waals surface area contributed by atoms with Gasteiger partial charge in [0.25, 0.3) is 0 Å². The molecule has 0 heterocycles. The van der Waals surface area contributed by atoms with Gasteiger partial charge in [0.2, 0.25) is 0 Å². The molecule has 0 unspecified atom stereocenters. The normalized spacial score (nSPS) is 10.4. The second kappa shape index (κ2) is 7.48. The van der Waals surface area contributed by atoms with Crippen LogP contribution in [0.2, 0.25) is 5.02 Å². The monoisotopic (exact) mass is 272 g/mol. The molecular weight excluding hydrogens is 254 g/mol. The van der Waals surface area contributed by atoms with Gasteiger partial charge in [-0.25, -0.2) is 0 Å². The van der Waals surface area contributed by atoms with Crippen LogP contribution in [0.15, 0.2) is 24.3 Å².